The smallest absolute Gasteiger partial charge is 0.225 e. The molecule has 2 N–H and O–H groups in total. The molecule has 0 aliphatic carbocycles. The van der Waals surface area contributed by atoms with Crippen LogP contribution in [0.2, 0.25) is 0 Å². The van der Waals surface area contributed by atoms with Crippen LogP contribution in [0.4, 0.5) is 11.8 Å². The van der Waals surface area contributed by atoms with Crippen LogP contribution < -0.4 is 15.4 Å². The predicted octanol–water partition coefficient (Wildman–Crippen LogP) is 4.98. The second-order valence-corrected chi connectivity index (χ2v) is 6.31. The van der Waals surface area contributed by atoms with E-state index in [9.17, 15) is 0 Å². The SMILES string of the molecule is CCCCNc1cc(-c2ccccc2)nc(NCc2ccc(OC)cc2)n1. The average Bonchev–Trinajstić information content (AvgIpc) is 2.73. The predicted molar refractivity (Wildman–Crippen MR) is 111 cm³/mol. The number of hydrogen-bond donors (Lipinski definition) is 2. The summed E-state index contributed by atoms with van der Waals surface area (Å²) in [6, 6.07) is 20.2. The Morgan fingerprint density at radius 3 is 2.41 bits per heavy atom. The minimum atomic E-state index is 0.617. The van der Waals surface area contributed by atoms with Gasteiger partial charge in [0.25, 0.3) is 0 Å². The van der Waals surface area contributed by atoms with Crippen LogP contribution in [0.5, 0.6) is 5.75 Å². The van der Waals surface area contributed by atoms with E-state index in [1.54, 1.807) is 7.11 Å². The highest BCUT2D eigenvalue weighted by atomic mass is 16.5. The Bertz CT molecular complexity index is 835. The van der Waals surface area contributed by atoms with E-state index >= 15 is 0 Å². The van der Waals surface area contributed by atoms with Gasteiger partial charge in [0.2, 0.25) is 5.95 Å². The van der Waals surface area contributed by atoms with Gasteiger partial charge >= 0.3 is 0 Å². The highest BCUT2D eigenvalue weighted by Crippen LogP contribution is 2.22. The summed E-state index contributed by atoms with van der Waals surface area (Å²) in [5.74, 6) is 2.31. The molecule has 0 fully saturated rings. The lowest BCUT2D eigenvalue weighted by Crippen LogP contribution is -2.08. The Morgan fingerprint density at radius 1 is 0.926 bits per heavy atom. The van der Waals surface area contributed by atoms with Crippen molar-refractivity contribution in [3.63, 3.8) is 0 Å². The van der Waals surface area contributed by atoms with E-state index in [-0.39, 0.29) is 0 Å². The number of aromatic nitrogens is 2. The molecule has 0 atom stereocenters. The van der Waals surface area contributed by atoms with Gasteiger partial charge in [0, 0.05) is 24.7 Å². The zero-order valence-electron chi connectivity index (χ0n) is 15.9. The molecule has 0 saturated heterocycles. The van der Waals surface area contributed by atoms with Crippen LogP contribution in [0.3, 0.4) is 0 Å². The van der Waals surface area contributed by atoms with Crippen molar-refractivity contribution in [1.82, 2.24) is 9.97 Å². The van der Waals surface area contributed by atoms with Crippen molar-refractivity contribution in [2.45, 2.75) is 26.3 Å². The number of anilines is 2. The van der Waals surface area contributed by atoms with Gasteiger partial charge in [-0.2, -0.15) is 4.98 Å². The molecule has 0 unspecified atom stereocenters. The molecule has 140 valence electrons. The van der Waals surface area contributed by atoms with E-state index in [1.807, 2.05) is 48.5 Å². The van der Waals surface area contributed by atoms with Gasteiger partial charge in [-0.3, -0.25) is 0 Å². The van der Waals surface area contributed by atoms with Crippen LogP contribution in [-0.4, -0.2) is 23.6 Å². The lowest BCUT2D eigenvalue weighted by Gasteiger charge is -2.11. The zero-order valence-corrected chi connectivity index (χ0v) is 15.9. The minimum Gasteiger partial charge on any atom is -0.497 e. The van der Waals surface area contributed by atoms with Crippen molar-refractivity contribution in [2.24, 2.45) is 0 Å². The molecular formula is C22H26N4O. The van der Waals surface area contributed by atoms with Crippen molar-refractivity contribution in [1.29, 1.82) is 0 Å². The molecule has 27 heavy (non-hydrogen) atoms. The number of rotatable bonds is 9. The maximum Gasteiger partial charge on any atom is 0.225 e. The summed E-state index contributed by atoms with van der Waals surface area (Å²) in [7, 11) is 1.67. The summed E-state index contributed by atoms with van der Waals surface area (Å²) in [5, 5.41) is 6.74. The first-order chi connectivity index (χ1) is 13.3. The van der Waals surface area contributed by atoms with Crippen molar-refractivity contribution in [3.8, 4) is 17.0 Å². The molecule has 1 aromatic heterocycles. The summed E-state index contributed by atoms with van der Waals surface area (Å²) in [4.78, 5) is 9.32. The Morgan fingerprint density at radius 2 is 1.70 bits per heavy atom. The quantitative estimate of drug-likeness (QED) is 0.526. The molecule has 0 amide bonds. The molecule has 5 heteroatoms. The average molecular weight is 362 g/mol. The monoisotopic (exact) mass is 362 g/mol. The third-order valence-electron chi connectivity index (χ3n) is 4.24. The first-order valence-electron chi connectivity index (χ1n) is 9.33. The second-order valence-electron chi connectivity index (χ2n) is 6.31. The van der Waals surface area contributed by atoms with Gasteiger partial charge in [0.05, 0.1) is 12.8 Å². The number of hydrogen-bond acceptors (Lipinski definition) is 5. The first kappa shape index (κ1) is 18.7. The van der Waals surface area contributed by atoms with Gasteiger partial charge < -0.3 is 15.4 Å². The number of benzene rings is 2. The number of nitrogens with one attached hydrogen (secondary N) is 2. The Hall–Kier alpha value is -3.08. The standard InChI is InChI=1S/C22H26N4O/c1-3-4-14-23-21-15-20(18-8-6-5-7-9-18)25-22(26-21)24-16-17-10-12-19(27-2)13-11-17/h5-13,15H,3-4,14,16H2,1-2H3,(H2,23,24,25,26). The Kier molecular flexibility index (Phi) is 6.63. The number of methoxy groups -OCH3 is 1. The molecule has 0 saturated carbocycles. The van der Waals surface area contributed by atoms with Crippen molar-refractivity contribution in [3.05, 3.63) is 66.2 Å². The Labute approximate surface area is 160 Å². The van der Waals surface area contributed by atoms with Gasteiger partial charge in [-0.25, -0.2) is 4.98 Å². The highest BCUT2D eigenvalue weighted by Gasteiger charge is 2.07. The lowest BCUT2D eigenvalue weighted by atomic mass is 10.1. The lowest BCUT2D eigenvalue weighted by molar-refractivity contribution is 0.414. The van der Waals surface area contributed by atoms with Gasteiger partial charge in [-0.15, -0.1) is 0 Å². The van der Waals surface area contributed by atoms with Crippen molar-refractivity contribution >= 4 is 11.8 Å². The minimum absolute atomic E-state index is 0.617. The normalized spacial score (nSPS) is 10.4. The number of nitrogens with zero attached hydrogens (tertiary/aromatic N) is 2. The van der Waals surface area contributed by atoms with Gasteiger partial charge in [-0.05, 0) is 24.1 Å². The van der Waals surface area contributed by atoms with Crippen LogP contribution >= 0.6 is 0 Å². The maximum atomic E-state index is 5.21. The Balaban J connectivity index is 1.78. The summed E-state index contributed by atoms with van der Waals surface area (Å²) < 4.78 is 5.21. The molecule has 0 spiro atoms. The molecule has 3 aromatic rings. The third-order valence-corrected chi connectivity index (χ3v) is 4.24. The molecule has 0 aliphatic rings. The summed E-state index contributed by atoms with van der Waals surface area (Å²) in [6.45, 7) is 3.73. The van der Waals surface area contributed by atoms with Crippen LogP contribution in [0.15, 0.2) is 60.7 Å². The molecule has 0 bridgehead atoms. The van der Waals surface area contributed by atoms with E-state index in [1.165, 1.54) is 0 Å². The van der Waals surface area contributed by atoms with E-state index in [0.29, 0.717) is 12.5 Å². The van der Waals surface area contributed by atoms with Gasteiger partial charge in [-0.1, -0.05) is 55.8 Å². The largest absolute Gasteiger partial charge is 0.497 e. The zero-order chi connectivity index (χ0) is 18.9. The van der Waals surface area contributed by atoms with Crippen LogP contribution in [0.25, 0.3) is 11.3 Å². The van der Waals surface area contributed by atoms with Crippen LogP contribution in [0, 0.1) is 0 Å². The van der Waals surface area contributed by atoms with E-state index in [4.69, 9.17) is 9.72 Å². The number of unbranched alkanes of at least 4 members (excludes halogenated alkanes) is 1. The first-order valence-corrected chi connectivity index (χ1v) is 9.33. The molecular weight excluding hydrogens is 336 g/mol. The summed E-state index contributed by atoms with van der Waals surface area (Å²) in [6.07, 6.45) is 2.26. The van der Waals surface area contributed by atoms with E-state index in [0.717, 1.165) is 47.8 Å². The van der Waals surface area contributed by atoms with Crippen LogP contribution in [0.1, 0.15) is 25.3 Å². The van der Waals surface area contributed by atoms with E-state index in [2.05, 4.69) is 34.7 Å². The van der Waals surface area contributed by atoms with Crippen molar-refractivity contribution in [2.75, 3.05) is 24.3 Å². The molecule has 2 aromatic carbocycles. The molecule has 0 aliphatic heterocycles. The van der Waals surface area contributed by atoms with E-state index < -0.39 is 0 Å². The molecule has 1 heterocycles. The van der Waals surface area contributed by atoms with Crippen molar-refractivity contribution < 1.29 is 4.74 Å². The van der Waals surface area contributed by atoms with Gasteiger partial charge in [0.1, 0.15) is 11.6 Å². The second kappa shape index (κ2) is 9.57. The summed E-state index contributed by atoms with van der Waals surface area (Å²) >= 11 is 0. The van der Waals surface area contributed by atoms with Crippen LogP contribution in [-0.2, 0) is 6.54 Å². The topological polar surface area (TPSA) is 59.1 Å². The third kappa shape index (κ3) is 5.45. The number of ether oxygens (including phenoxy) is 1. The fourth-order valence-corrected chi connectivity index (χ4v) is 2.69. The molecule has 0 radical (unpaired) electrons. The fraction of sp³-hybridized carbons (Fsp3) is 0.273. The fourth-order valence-electron chi connectivity index (χ4n) is 2.69. The molecule has 5 nitrogen and oxygen atoms in total. The summed E-state index contributed by atoms with van der Waals surface area (Å²) in [5.41, 5.74) is 3.12. The molecule has 3 rings (SSSR count). The van der Waals surface area contributed by atoms with Gasteiger partial charge in [0.15, 0.2) is 0 Å². The highest BCUT2D eigenvalue weighted by molar-refractivity contribution is 5.64. The maximum absolute atomic E-state index is 5.21.